The van der Waals surface area contributed by atoms with Gasteiger partial charge in [0.2, 0.25) is 0 Å². The van der Waals surface area contributed by atoms with Gasteiger partial charge in [0.15, 0.2) is 0 Å². The second-order valence-corrected chi connectivity index (χ2v) is 7.10. The van der Waals surface area contributed by atoms with Crippen LogP contribution in [0.5, 0.6) is 5.75 Å². The molecule has 1 aromatic heterocycles. The highest BCUT2D eigenvalue weighted by Crippen LogP contribution is 2.19. The van der Waals surface area contributed by atoms with Gasteiger partial charge in [-0.3, -0.25) is 9.59 Å². The summed E-state index contributed by atoms with van der Waals surface area (Å²) >= 11 is 0. The number of nitrogens with one attached hydrogen (secondary N) is 1. The van der Waals surface area contributed by atoms with Crippen LogP contribution in [0.25, 0.3) is 0 Å². The van der Waals surface area contributed by atoms with Crippen LogP contribution >= 0.6 is 0 Å². The van der Waals surface area contributed by atoms with Crippen LogP contribution < -0.4 is 20.5 Å². The molecule has 7 heteroatoms. The van der Waals surface area contributed by atoms with E-state index in [4.69, 9.17) is 4.74 Å². The first-order valence-electron chi connectivity index (χ1n) is 9.28. The molecule has 1 saturated heterocycles. The Bertz CT molecular complexity index is 837. The van der Waals surface area contributed by atoms with Crippen molar-refractivity contribution < 1.29 is 9.53 Å². The van der Waals surface area contributed by atoms with Crippen molar-refractivity contribution in [3.05, 3.63) is 52.4 Å². The largest absolute Gasteiger partial charge is 0.491 e. The van der Waals surface area contributed by atoms with Crippen molar-refractivity contribution in [1.82, 2.24) is 15.1 Å². The maximum atomic E-state index is 12.5. The molecule has 2 heterocycles. The third-order valence-corrected chi connectivity index (χ3v) is 4.64. The number of aryl methyl sites for hydroxylation is 1. The van der Waals surface area contributed by atoms with Crippen molar-refractivity contribution in [2.75, 3.05) is 18.0 Å². The number of aromatic nitrogens is 2. The first-order chi connectivity index (χ1) is 12.9. The van der Waals surface area contributed by atoms with Gasteiger partial charge < -0.3 is 15.0 Å². The number of nitrogens with zero attached hydrogens (tertiary/aromatic N) is 3. The van der Waals surface area contributed by atoms with E-state index in [1.807, 2.05) is 26.0 Å². The standard InChI is InChI=1S/C20H26N4O3/c1-14(2)27-18-6-4-15(5-7-18)20(26)22-16-8-10-24(11-9-16)17-12-19(25)23(3)21-13-17/h4-7,12-14,16H,8-11H2,1-3H3,(H,22,26). The number of carbonyl (C=O) groups excluding carboxylic acids is 1. The molecular weight excluding hydrogens is 344 g/mol. The second kappa shape index (κ2) is 8.24. The minimum absolute atomic E-state index is 0.0696. The van der Waals surface area contributed by atoms with Crippen molar-refractivity contribution in [1.29, 1.82) is 0 Å². The number of benzene rings is 1. The average molecular weight is 370 g/mol. The Labute approximate surface area is 158 Å². The van der Waals surface area contributed by atoms with Crippen molar-refractivity contribution in [2.24, 2.45) is 7.05 Å². The fourth-order valence-electron chi connectivity index (χ4n) is 3.14. The van der Waals surface area contributed by atoms with Crippen LogP contribution in [-0.2, 0) is 7.05 Å². The molecule has 144 valence electrons. The summed E-state index contributed by atoms with van der Waals surface area (Å²) in [5.74, 6) is 0.692. The summed E-state index contributed by atoms with van der Waals surface area (Å²) in [7, 11) is 1.63. The predicted molar refractivity (Wildman–Crippen MR) is 104 cm³/mol. The zero-order valence-corrected chi connectivity index (χ0v) is 16.0. The Balaban J connectivity index is 1.53. The summed E-state index contributed by atoms with van der Waals surface area (Å²) in [6, 6.07) is 8.94. The molecule has 1 fully saturated rings. The second-order valence-electron chi connectivity index (χ2n) is 7.10. The van der Waals surface area contributed by atoms with Gasteiger partial charge in [0.05, 0.1) is 18.0 Å². The molecular formula is C20H26N4O3. The van der Waals surface area contributed by atoms with Crippen LogP contribution in [0.2, 0.25) is 0 Å². The lowest BCUT2D eigenvalue weighted by Gasteiger charge is -2.33. The lowest BCUT2D eigenvalue weighted by Crippen LogP contribution is -2.45. The van der Waals surface area contributed by atoms with E-state index in [9.17, 15) is 9.59 Å². The van der Waals surface area contributed by atoms with Gasteiger partial charge >= 0.3 is 0 Å². The number of ether oxygens (including phenoxy) is 1. The smallest absolute Gasteiger partial charge is 0.268 e. The van der Waals surface area contributed by atoms with Gasteiger partial charge in [-0.1, -0.05) is 0 Å². The van der Waals surface area contributed by atoms with Gasteiger partial charge in [-0.15, -0.1) is 0 Å². The average Bonchev–Trinajstić information content (AvgIpc) is 2.65. The van der Waals surface area contributed by atoms with Crippen molar-refractivity contribution in [3.63, 3.8) is 0 Å². The third-order valence-electron chi connectivity index (χ3n) is 4.64. The highest BCUT2D eigenvalue weighted by atomic mass is 16.5. The van der Waals surface area contributed by atoms with E-state index in [1.165, 1.54) is 4.68 Å². The molecule has 0 aliphatic carbocycles. The van der Waals surface area contributed by atoms with Crippen LogP contribution in [0.4, 0.5) is 5.69 Å². The molecule has 1 aliphatic rings. The summed E-state index contributed by atoms with van der Waals surface area (Å²) in [4.78, 5) is 26.3. The SMILES string of the molecule is CC(C)Oc1ccc(C(=O)NC2CCN(c3cnn(C)c(=O)c3)CC2)cc1. The van der Waals surface area contributed by atoms with Crippen LogP contribution in [0.3, 0.4) is 0 Å². The quantitative estimate of drug-likeness (QED) is 0.871. The molecule has 1 aliphatic heterocycles. The number of rotatable bonds is 5. The summed E-state index contributed by atoms with van der Waals surface area (Å²) in [6.07, 6.45) is 3.47. The summed E-state index contributed by atoms with van der Waals surface area (Å²) in [5, 5.41) is 7.17. The molecule has 0 saturated carbocycles. The molecule has 0 bridgehead atoms. The number of hydrogen-bond donors (Lipinski definition) is 1. The molecule has 1 aromatic carbocycles. The number of hydrogen-bond acceptors (Lipinski definition) is 5. The monoisotopic (exact) mass is 370 g/mol. The van der Waals surface area contributed by atoms with E-state index in [2.05, 4.69) is 15.3 Å². The predicted octanol–water partition coefficient (Wildman–Crippen LogP) is 1.97. The Kier molecular flexibility index (Phi) is 5.78. The van der Waals surface area contributed by atoms with E-state index >= 15 is 0 Å². The minimum atomic E-state index is -0.118. The van der Waals surface area contributed by atoms with Crippen LogP contribution in [-0.4, -0.2) is 40.9 Å². The fraction of sp³-hybridized carbons (Fsp3) is 0.450. The topological polar surface area (TPSA) is 76.5 Å². The van der Waals surface area contributed by atoms with Gasteiger partial charge in [-0.25, -0.2) is 4.68 Å². The third kappa shape index (κ3) is 4.87. The first kappa shape index (κ1) is 18.9. The van der Waals surface area contributed by atoms with E-state index in [-0.39, 0.29) is 23.6 Å². The van der Waals surface area contributed by atoms with Gasteiger partial charge in [0, 0.05) is 37.8 Å². The molecule has 0 radical (unpaired) electrons. The number of anilines is 1. The maximum Gasteiger partial charge on any atom is 0.268 e. The zero-order valence-electron chi connectivity index (χ0n) is 16.0. The number of piperidine rings is 1. The molecule has 1 amide bonds. The van der Waals surface area contributed by atoms with Crippen molar-refractivity contribution in [3.8, 4) is 5.75 Å². The highest BCUT2D eigenvalue weighted by Gasteiger charge is 2.22. The molecule has 1 N–H and O–H groups in total. The minimum Gasteiger partial charge on any atom is -0.491 e. The zero-order chi connectivity index (χ0) is 19.4. The molecule has 3 rings (SSSR count). The van der Waals surface area contributed by atoms with Crippen LogP contribution in [0, 0.1) is 0 Å². The number of carbonyl (C=O) groups is 1. The van der Waals surface area contributed by atoms with E-state index in [1.54, 1.807) is 31.4 Å². The lowest BCUT2D eigenvalue weighted by atomic mass is 10.0. The van der Waals surface area contributed by atoms with Gasteiger partial charge in [0.25, 0.3) is 11.5 Å². The lowest BCUT2D eigenvalue weighted by molar-refractivity contribution is 0.0931. The van der Waals surface area contributed by atoms with Gasteiger partial charge in [-0.05, 0) is 51.0 Å². The Morgan fingerprint density at radius 1 is 1.22 bits per heavy atom. The molecule has 7 nitrogen and oxygen atoms in total. The molecule has 2 aromatic rings. The van der Waals surface area contributed by atoms with Crippen molar-refractivity contribution >= 4 is 11.6 Å². The first-order valence-corrected chi connectivity index (χ1v) is 9.28. The Hall–Kier alpha value is -2.83. The molecule has 0 spiro atoms. The van der Waals surface area contributed by atoms with E-state index in [0.717, 1.165) is 37.4 Å². The Morgan fingerprint density at radius 3 is 2.48 bits per heavy atom. The molecule has 27 heavy (non-hydrogen) atoms. The highest BCUT2D eigenvalue weighted by molar-refractivity contribution is 5.94. The summed E-state index contributed by atoms with van der Waals surface area (Å²) < 4.78 is 6.92. The van der Waals surface area contributed by atoms with Crippen molar-refractivity contribution in [2.45, 2.75) is 38.8 Å². The van der Waals surface area contributed by atoms with Gasteiger partial charge in [0.1, 0.15) is 5.75 Å². The Morgan fingerprint density at radius 2 is 1.89 bits per heavy atom. The normalized spacial score (nSPS) is 15.0. The van der Waals surface area contributed by atoms with Crippen LogP contribution in [0.1, 0.15) is 37.0 Å². The molecule has 0 atom stereocenters. The molecule has 0 unspecified atom stereocenters. The van der Waals surface area contributed by atoms with E-state index in [0.29, 0.717) is 5.56 Å². The summed E-state index contributed by atoms with van der Waals surface area (Å²) in [6.45, 7) is 5.49. The fourth-order valence-corrected chi connectivity index (χ4v) is 3.14. The maximum absolute atomic E-state index is 12.5. The summed E-state index contributed by atoms with van der Waals surface area (Å²) in [5.41, 5.74) is 1.35. The van der Waals surface area contributed by atoms with E-state index < -0.39 is 0 Å². The van der Waals surface area contributed by atoms with Gasteiger partial charge in [-0.2, -0.15) is 5.10 Å². The van der Waals surface area contributed by atoms with Crippen LogP contribution in [0.15, 0.2) is 41.3 Å². The number of amides is 1.